The van der Waals surface area contributed by atoms with E-state index in [2.05, 4.69) is 9.88 Å². The van der Waals surface area contributed by atoms with Crippen LogP contribution < -0.4 is 0 Å². The molecule has 2 aliphatic rings. The zero-order valence-electron chi connectivity index (χ0n) is 18.1. The minimum absolute atomic E-state index is 0.285. The summed E-state index contributed by atoms with van der Waals surface area (Å²) in [6, 6.07) is 0. The van der Waals surface area contributed by atoms with E-state index in [9.17, 15) is 4.79 Å². The van der Waals surface area contributed by atoms with Gasteiger partial charge in [0.25, 0.3) is 0 Å². The van der Waals surface area contributed by atoms with Crippen molar-refractivity contribution in [1.29, 1.82) is 0 Å². The lowest BCUT2D eigenvalue weighted by atomic mass is 9.91. The Morgan fingerprint density at radius 2 is 1.83 bits per heavy atom. The molecule has 2 aliphatic heterocycles. The van der Waals surface area contributed by atoms with Gasteiger partial charge in [0.1, 0.15) is 5.82 Å². The molecule has 0 atom stereocenters. The number of amides is 1. The summed E-state index contributed by atoms with van der Waals surface area (Å²) in [4.78, 5) is 26.2. The first-order valence-electron chi connectivity index (χ1n) is 11.1. The molecule has 3 rings (SSSR count). The summed E-state index contributed by atoms with van der Waals surface area (Å²) in [5, 5.41) is 0. The summed E-state index contributed by atoms with van der Waals surface area (Å²) >= 11 is 0. The van der Waals surface area contributed by atoms with Gasteiger partial charge in [-0.05, 0) is 45.7 Å². The Hall–Kier alpha value is -1.57. The number of carbonyl (C=O) groups is 1. The van der Waals surface area contributed by atoms with Crippen molar-refractivity contribution in [3.8, 4) is 0 Å². The van der Waals surface area contributed by atoms with Gasteiger partial charge in [-0.1, -0.05) is 12.8 Å². The van der Waals surface area contributed by atoms with Crippen LogP contribution in [-0.2, 0) is 20.9 Å². The summed E-state index contributed by atoms with van der Waals surface area (Å²) in [7, 11) is 1.67. The molecule has 0 N–H and O–H groups in total. The van der Waals surface area contributed by atoms with Gasteiger partial charge in [0.05, 0.1) is 32.1 Å². The number of nitrogens with zero attached hydrogens (tertiary/aromatic N) is 4. The Labute approximate surface area is 174 Å². The minimum Gasteiger partial charge on any atom is -0.382 e. The first-order chi connectivity index (χ1) is 14.2. The summed E-state index contributed by atoms with van der Waals surface area (Å²) in [5.74, 6) is 1.44. The molecule has 1 aromatic rings. The summed E-state index contributed by atoms with van der Waals surface area (Å²) in [6.07, 6.45) is 8.83. The number of rotatable bonds is 8. The van der Waals surface area contributed by atoms with E-state index in [1.165, 1.54) is 25.7 Å². The maximum absolute atomic E-state index is 12.8. The summed E-state index contributed by atoms with van der Waals surface area (Å²) in [5.41, 5.74) is 2.15. The van der Waals surface area contributed by atoms with Crippen molar-refractivity contribution < 1.29 is 14.3 Å². The Kier molecular flexibility index (Phi) is 8.83. The molecule has 0 aliphatic carbocycles. The van der Waals surface area contributed by atoms with Gasteiger partial charge in [0.2, 0.25) is 5.91 Å². The lowest BCUT2D eigenvalue weighted by Crippen LogP contribution is -2.44. The van der Waals surface area contributed by atoms with E-state index in [1.807, 2.05) is 18.0 Å². The van der Waals surface area contributed by atoms with E-state index in [0.717, 1.165) is 56.1 Å². The highest BCUT2D eigenvalue weighted by molar-refractivity contribution is 5.78. The van der Waals surface area contributed by atoms with Crippen molar-refractivity contribution in [2.75, 3.05) is 53.0 Å². The third kappa shape index (κ3) is 6.73. The molecule has 0 bridgehead atoms. The molecule has 7 nitrogen and oxygen atoms in total. The third-order valence-electron chi connectivity index (χ3n) is 6.00. The zero-order chi connectivity index (χ0) is 20.5. The van der Waals surface area contributed by atoms with Gasteiger partial charge in [0.15, 0.2) is 0 Å². The molecule has 0 radical (unpaired) electrons. The van der Waals surface area contributed by atoms with E-state index >= 15 is 0 Å². The Bertz CT molecular complexity index is 639. The van der Waals surface area contributed by atoms with Crippen LogP contribution in [0.4, 0.5) is 0 Å². The van der Waals surface area contributed by atoms with Crippen molar-refractivity contribution >= 4 is 5.91 Å². The van der Waals surface area contributed by atoms with E-state index in [-0.39, 0.29) is 5.91 Å². The van der Waals surface area contributed by atoms with Crippen molar-refractivity contribution in [2.45, 2.75) is 58.0 Å². The molecule has 0 spiro atoms. The van der Waals surface area contributed by atoms with E-state index in [1.54, 1.807) is 7.11 Å². The highest BCUT2D eigenvalue weighted by Crippen LogP contribution is 2.29. The topological polar surface area (TPSA) is 67.8 Å². The number of aryl methyl sites for hydroxylation is 1. The number of hydrogen-bond acceptors (Lipinski definition) is 6. The predicted molar refractivity (Wildman–Crippen MR) is 112 cm³/mol. The molecule has 2 saturated heterocycles. The largest absolute Gasteiger partial charge is 0.382 e. The Morgan fingerprint density at radius 1 is 1.10 bits per heavy atom. The fraction of sp³-hybridized carbons (Fsp3) is 0.773. The van der Waals surface area contributed by atoms with Crippen molar-refractivity contribution in [1.82, 2.24) is 19.8 Å². The zero-order valence-corrected chi connectivity index (χ0v) is 18.1. The second kappa shape index (κ2) is 11.6. The summed E-state index contributed by atoms with van der Waals surface area (Å²) in [6.45, 7) is 7.91. The molecule has 1 aromatic heterocycles. The average molecular weight is 405 g/mol. The van der Waals surface area contributed by atoms with Gasteiger partial charge in [-0.25, -0.2) is 9.97 Å². The highest BCUT2D eigenvalue weighted by atomic mass is 16.5. The molecule has 0 unspecified atom stereocenters. The SMILES string of the molecule is COCCOCc1cnc(C)nc1C1CCN(C(=O)CN2CCCCCC2)CC1. The average Bonchev–Trinajstić information content (AvgIpc) is 3.01. The van der Waals surface area contributed by atoms with Crippen LogP contribution in [0.1, 0.15) is 61.5 Å². The second-order valence-corrected chi connectivity index (χ2v) is 8.22. The molecule has 1 amide bonds. The van der Waals surface area contributed by atoms with Crippen LogP contribution in [0, 0.1) is 6.92 Å². The molecule has 3 heterocycles. The number of carbonyl (C=O) groups excluding carboxylic acids is 1. The molecule has 0 saturated carbocycles. The Balaban J connectivity index is 1.53. The molecule has 162 valence electrons. The molecule has 2 fully saturated rings. The third-order valence-corrected chi connectivity index (χ3v) is 6.00. The van der Waals surface area contributed by atoms with Crippen LogP contribution in [0.25, 0.3) is 0 Å². The number of likely N-dealkylation sites (tertiary alicyclic amines) is 2. The van der Waals surface area contributed by atoms with Gasteiger partial charge < -0.3 is 14.4 Å². The number of ether oxygens (including phenoxy) is 2. The van der Waals surface area contributed by atoms with Gasteiger partial charge in [-0.3, -0.25) is 9.69 Å². The quantitative estimate of drug-likeness (QED) is 0.620. The minimum atomic E-state index is 0.285. The van der Waals surface area contributed by atoms with Crippen LogP contribution in [0.3, 0.4) is 0 Å². The predicted octanol–water partition coefficient (Wildman–Crippen LogP) is 2.53. The van der Waals surface area contributed by atoms with E-state index in [4.69, 9.17) is 14.5 Å². The normalized spacial score (nSPS) is 19.3. The van der Waals surface area contributed by atoms with Gasteiger partial charge in [-0.2, -0.15) is 0 Å². The van der Waals surface area contributed by atoms with Crippen LogP contribution in [0.2, 0.25) is 0 Å². The molecule has 0 aromatic carbocycles. The molecule has 29 heavy (non-hydrogen) atoms. The highest BCUT2D eigenvalue weighted by Gasteiger charge is 2.27. The van der Waals surface area contributed by atoms with Gasteiger partial charge >= 0.3 is 0 Å². The maximum atomic E-state index is 12.8. The molecule has 7 heteroatoms. The monoisotopic (exact) mass is 404 g/mol. The lowest BCUT2D eigenvalue weighted by molar-refractivity contribution is -0.133. The second-order valence-electron chi connectivity index (χ2n) is 8.22. The Morgan fingerprint density at radius 3 is 2.52 bits per heavy atom. The number of hydrogen-bond donors (Lipinski definition) is 0. The van der Waals surface area contributed by atoms with Crippen molar-refractivity contribution in [2.24, 2.45) is 0 Å². The van der Waals surface area contributed by atoms with Crippen molar-refractivity contribution in [3.05, 3.63) is 23.3 Å². The standard InChI is InChI=1S/C22H36N4O3/c1-18-23-15-20(17-29-14-13-28-2)22(24-18)19-7-11-26(12-8-19)21(27)16-25-9-5-3-4-6-10-25/h15,19H,3-14,16-17H2,1-2H3. The fourth-order valence-electron chi connectivity index (χ4n) is 4.29. The van der Waals surface area contributed by atoms with Crippen LogP contribution >= 0.6 is 0 Å². The van der Waals surface area contributed by atoms with Crippen LogP contribution in [0.15, 0.2) is 6.20 Å². The van der Waals surface area contributed by atoms with Crippen LogP contribution in [0.5, 0.6) is 0 Å². The van der Waals surface area contributed by atoms with Gasteiger partial charge in [-0.15, -0.1) is 0 Å². The van der Waals surface area contributed by atoms with E-state index < -0.39 is 0 Å². The first-order valence-corrected chi connectivity index (χ1v) is 11.1. The number of piperidine rings is 1. The van der Waals surface area contributed by atoms with Crippen molar-refractivity contribution in [3.63, 3.8) is 0 Å². The van der Waals surface area contributed by atoms with Crippen LogP contribution in [-0.4, -0.2) is 78.7 Å². The maximum Gasteiger partial charge on any atom is 0.236 e. The smallest absolute Gasteiger partial charge is 0.236 e. The lowest BCUT2D eigenvalue weighted by Gasteiger charge is -2.34. The number of methoxy groups -OCH3 is 1. The fourth-order valence-corrected chi connectivity index (χ4v) is 4.29. The molecular weight excluding hydrogens is 368 g/mol. The summed E-state index contributed by atoms with van der Waals surface area (Å²) < 4.78 is 10.8. The van der Waals surface area contributed by atoms with Gasteiger partial charge in [0, 0.05) is 37.9 Å². The molecular formula is C22H36N4O3. The van der Waals surface area contributed by atoms with E-state index in [0.29, 0.717) is 32.3 Å². The first kappa shape index (κ1) is 22.1. The number of aromatic nitrogens is 2.